The Morgan fingerprint density at radius 1 is 1.33 bits per heavy atom. The van der Waals surface area contributed by atoms with E-state index in [1.54, 1.807) is 24.4 Å². The lowest BCUT2D eigenvalue weighted by atomic mass is 10.1. The molecule has 0 spiro atoms. The SMILES string of the molecule is N#Cc1c(NC(=O)C(N)=O)ccc2ncccc12. The average molecular weight is 240 g/mol. The van der Waals surface area contributed by atoms with Gasteiger partial charge in [0.1, 0.15) is 6.07 Å². The van der Waals surface area contributed by atoms with Crippen molar-refractivity contribution in [3.05, 3.63) is 36.0 Å². The van der Waals surface area contributed by atoms with Gasteiger partial charge in [0.2, 0.25) is 0 Å². The second-order valence-corrected chi connectivity index (χ2v) is 3.49. The third-order valence-electron chi connectivity index (χ3n) is 2.37. The molecule has 0 bridgehead atoms. The number of hydrogen-bond donors (Lipinski definition) is 2. The number of fused-ring (bicyclic) bond motifs is 1. The number of hydrogen-bond acceptors (Lipinski definition) is 4. The summed E-state index contributed by atoms with van der Waals surface area (Å²) >= 11 is 0. The van der Waals surface area contributed by atoms with Crippen LogP contribution in [0, 0.1) is 11.3 Å². The first kappa shape index (κ1) is 11.5. The second kappa shape index (κ2) is 4.51. The molecule has 0 fully saturated rings. The number of nitrogens with zero attached hydrogens (tertiary/aromatic N) is 2. The van der Waals surface area contributed by atoms with Crippen molar-refractivity contribution in [2.24, 2.45) is 5.73 Å². The lowest BCUT2D eigenvalue weighted by Crippen LogP contribution is -2.29. The number of aromatic nitrogens is 1. The minimum absolute atomic E-state index is 0.238. The van der Waals surface area contributed by atoms with Gasteiger partial charge in [-0.3, -0.25) is 14.6 Å². The number of nitriles is 1. The first-order valence-electron chi connectivity index (χ1n) is 5.02. The van der Waals surface area contributed by atoms with Crippen molar-refractivity contribution < 1.29 is 9.59 Å². The highest BCUT2D eigenvalue weighted by Gasteiger charge is 2.13. The molecule has 1 heterocycles. The molecule has 1 aromatic heterocycles. The summed E-state index contributed by atoms with van der Waals surface area (Å²) in [5, 5.41) is 12.0. The molecule has 0 unspecified atom stereocenters. The number of carbonyl (C=O) groups excluding carboxylic acids is 2. The largest absolute Gasteiger partial charge is 0.361 e. The quantitative estimate of drug-likeness (QED) is 0.708. The molecule has 3 N–H and O–H groups in total. The fourth-order valence-electron chi connectivity index (χ4n) is 1.56. The van der Waals surface area contributed by atoms with Crippen LogP contribution >= 0.6 is 0 Å². The summed E-state index contributed by atoms with van der Waals surface area (Å²) in [6.07, 6.45) is 1.60. The Morgan fingerprint density at radius 2 is 2.11 bits per heavy atom. The third kappa shape index (κ3) is 1.97. The lowest BCUT2D eigenvalue weighted by molar-refractivity contribution is -0.134. The second-order valence-electron chi connectivity index (χ2n) is 3.49. The van der Waals surface area contributed by atoms with E-state index >= 15 is 0 Å². The molecular formula is C12H8N4O2. The van der Waals surface area contributed by atoms with Crippen LogP contribution in [-0.2, 0) is 9.59 Å². The Kier molecular flexibility index (Phi) is 2.89. The molecule has 2 aromatic rings. The monoisotopic (exact) mass is 240 g/mol. The van der Waals surface area contributed by atoms with Gasteiger partial charge in [-0.1, -0.05) is 0 Å². The predicted molar refractivity (Wildman–Crippen MR) is 64.3 cm³/mol. The highest BCUT2D eigenvalue weighted by molar-refractivity contribution is 6.39. The minimum Gasteiger partial charge on any atom is -0.361 e. The number of carbonyl (C=O) groups is 2. The smallest absolute Gasteiger partial charge is 0.313 e. The Labute approximate surface area is 102 Å². The molecule has 0 aliphatic rings. The van der Waals surface area contributed by atoms with Crippen LogP contribution in [0.3, 0.4) is 0 Å². The van der Waals surface area contributed by atoms with Crippen molar-refractivity contribution in [3.63, 3.8) is 0 Å². The summed E-state index contributed by atoms with van der Waals surface area (Å²) in [6, 6.07) is 8.52. The van der Waals surface area contributed by atoms with Crippen molar-refractivity contribution in [2.75, 3.05) is 5.32 Å². The van der Waals surface area contributed by atoms with Crippen LogP contribution in [0.2, 0.25) is 0 Å². The van der Waals surface area contributed by atoms with Gasteiger partial charge in [-0.25, -0.2) is 0 Å². The van der Waals surface area contributed by atoms with Gasteiger partial charge in [-0.15, -0.1) is 0 Å². The van der Waals surface area contributed by atoms with Gasteiger partial charge in [0.15, 0.2) is 0 Å². The van der Waals surface area contributed by atoms with Gasteiger partial charge < -0.3 is 11.1 Å². The van der Waals surface area contributed by atoms with Crippen LogP contribution < -0.4 is 11.1 Å². The predicted octanol–water partition coefficient (Wildman–Crippen LogP) is 0.530. The molecule has 0 saturated carbocycles. The Hall–Kier alpha value is -2.94. The zero-order valence-electron chi connectivity index (χ0n) is 9.18. The number of amides is 2. The fourth-order valence-corrected chi connectivity index (χ4v) is 1.56. The number of pyridine rings is 1. The number of nitrogens with one attached hydrogen (secondary N) is 1. The molecule has 0 saturated heterocycles. The fraction of sp³-hybridized carbons (Fsp3) is 0. The Bertz CT molecular complexity index is 688. The summed E-state index contributed by atoms with van der Waals surface area (Å²) in [5.41, 5.74) is 5.96. The average Bonchev–Trinajstić information content (AvgIpc) is 2.38. The molecule has 2 amide bonds. The summed E-state index contributed by atoms with van der Waals surface area (Å²) < 4.78 is 0. The van der Waals surface area contributed by atoms with Crippen LogP contribution in [0.5, 0.6) is 0 Å². The molecule has 18 heavy (non-hydrogen) atoms. The van der Waals surface area contributed by atoms with E-state index in [9.17, 15) is 9.59 Å². The summed E-state index contributed by atoms with van der Waals surface area (Å²) in [7, 11) is 0. The highest BCUT2D eigenvalue weighted by atomic mass is 16.2. The zero-order chi connectivity index (χ0) is 13.1. The Morgan fingerprint density at radius 3 is 2.78 bits per heavy atom. The van der Waals surface area contributed by atoms with Crippen molar-refractivity contribution in [2.45, 2.75) is 0 Å². The van der Waals surface area contributed by atoms with Gasteiger partial charge in [-0.2, -0.15) is 5.26 Å². The maximum atomic E-state index is 11.2. The molecule has 6 heteroatoms. The van der Waals surface area contributed by atoms with Crippen molar-refractivity contribution in [1.82, 2.24) is 4.98 Å². The van der Waals surface area contributed by atoms with E-state index in [0.717, 1.165) is 0 Å². The van der Waals surface area contributed by atoms with E-state index in [1.165, 1.54) is 6.07 Å². The first-order chi connectivity index (χ1) is 8.63. The molecule has 0 atom stereocenters. The van der Waals surface area contributed by atoms with E-state index in [-0.39, 0.29) is 11.3 Å². The van der Waals surface area contributed by atoms with Crippen molar-refractivity contribution >= 4 is 28.4 Å². The Balaban J connectivity index is 2.56. The van der Waals surface area contributed by atoms with E-state index < -0.39 is 11.8 Å². The molecular weight excluding hydrogens is 232 g/mol. The molecule has 88 valence electrons. The zero-order valence-corrected chi connectivity index (χ0v) is 9.18. The van der Waals surface area contributed by atoms with Crippen LogP contribution in [-0.4, -0.2) is 16.8 Å². The van der Waals surface area contributed by atoms with E-state index in [0.29, 0.717) is 10.9 Å². The standard InChI is InChI=1S/C12H8N4O2/c13-6-8-7-2-1-5-15-9(7)3-4-10(8)16-12(18)11(14)17/h1-5H,(H2,14,17)(H,16,18). The van der Waals surface area contributed by atoms with Crippen molar-refractivity contribution in [3.8, 4) is 6.07 Å². The van der Waals surface area contributed by atoms with Crippen molar-refractivity contribution in [1.29, 1.82) is 5.26 Å². The summed E-state index contributed by atoms with van der Waals surface area (Å²) in [4.78, 5) is 26.0. The maximum absolute atomic E-state index is 11.2. The maximum Gasteiger partial charge on any atom is 0.313 e. The van der Waals surface area contributed by atoms with Crippen LogP contribution in [0.1, 0.15) is 5.56 Å². The van der Waals surface area contributed by atoms with E-state index in [4.69, 9.17) is 11.0 Å². The number of nitrogens with two attached hydrogens (primary N) is 1. The number of primary amides is 1. The van der Waals surface area contributed by atoms with E-state index in [2.05, 4.69) is 10.3 Å². The third-order valence-corrected chi connectivity index (χ3v) is 2.37. The molecule has 0 aliphatic carbocycles. The van der Waals surface area contributed by atoms with Crippen LogP contribution in [0.4, 0.5) is 5.69 Å². The topological polar surface area (TPSA) is 109 Å². The molecule has 1 aromatic carbocycles. The normalized spacial score (nSPS) is 9.72. The van der Waals surface area contributed by atoms with Gasteiger partial charge in [-0.05, 0) is 24.3 Å². The van der Waals surface area contributed by atoms with Gasteiger partial charge >= 0.3 is 11.8 Å². The van der Waals surface area contributed by atoms with Crippen LogP contribution in [0.15, 0.2) is 30.5 Å². The van der Waals surface area contributed by atoms with Gasteiger partial charge in [0.25, 0.3) is 0 Å². The molecule has 0 radical (unpaired) electrons. The van der Waals surface area contributed by atoms with Gasteiger partial charge in [0.05, 0.1) is 16.8 Å². The molecule has 0 aliphatic heterocycles. The lowest BCUT2D eigenvalue weighted by Gasteiger charge is -2.07. The highest BCUT2D eigenvalue weighted by Crippen LogP contribution is 2.23. The number of anilines is 1. The molecule has 2 rings (SSSR count). The number of benzene rings is 1. The summed E-state index contributed by atoms with van der Waals surface area (Å²) in [6.45, 7) is 0. The molecule has 6 nitrogen and oxygen atoms in total. The first-order valence-corrected chi connectivity index (χ1v) is 5.02. The minimum atomic E-state index is -1.11. The number of rotatable bonds is 1. The van der Waals surface area contributed by atoms with Crippen LogP contribution in [0.25, 0.3) is 10.9 Å². The summed E-state index contributed by atoms with van der Waals surface area (Å²) in [5.74, 6) is -2.07. The van der Waals surface area contributed by atoms with E-state index in [1.807, 2.05) is 6.07 Å². The van der Waals surface area contributed by atoms with Gasteiger partial charge in [0, 0.05) is 11.6 Å².